The molecule has 22 heavy (non-hydrogen) atoms. The monoisotopic (exact) mass is 314 g/mol. The fourth-order valence-corrected chi connectivity index (χ4v) is 2.66. The first-order valence-corrected chi connectivity index (χ1v) is 8.46. The van der Waals surface area contributed by atoms with Crippen LogP contribution in [0.5, 0.6) is 0 Å². The van der Waals surface area contributed by atoms with Gasteiger partial charge in [-0.15, -0.1) is 0 Å². The number of nitrogens with zero attached hydrogens (tertiary/aromatic N) is 4. The summed E-state index contributed by atoms with van der Waals surface area (Å²) < 4.78 is 24.6. The first-order valence-electron chi connectivity index (χ1n) is 6.57. The minimum absolute atomic E-state index is 0.192. The molecule has 0 saturated carbocycles. The molecule has 0 spiro atoms. The SMILES string of the molecule is Cn1nc(-c2ccc(S(C)(=O)=O)cn2)cc1-c1ccccn1. The topological polar surface area (TPSA) is 77.7 Å². The molecule has 0 atom stereocenters. The van der Waals surface area contributed by atoms with Crippen LogP contribution in [0.1, 0.15) is 0 Å². The van der Waals surface area contributed by atoms with Gasteiger partial charge in [0.2, 0.25) is 0 Å². The Morgan fingerprint density at radius 3 is 2.41 bits per heavy atom. The fraction of sp³-hybridized carbons (Fsp3) is 0.133. The van der Waals surface area contributed by atoms with Crippen molar-refractivity contribution in [1.29, 1.82) is 0 Å². The van der Waals surface area contributed by atoms with E-state index in [4.69, 9.17) is 0 Å². The highest BCUT2D eigenvalue weighted by Crippen LogP contribution is 2.23. The van der Waals surface area contributed by atoms with Gasteiger partial charge in [0.25, 0.3) is 0 Å². The molecule has 0 N–H and O–H groups in total. The van der Waals surface area contributed by atoms with E-state index in [-0.39, 0.29) is 4.90 Å². The van der Waals surface area contributed by atoms with E-state index < -0.39 is 9.84 Å². The minimum Gasteiger partial charge on any atom is -0.266 e. The van der Waals surface area contributed by atoms with Crippen LogP contribution < -0.4 is 0 Å². The lowest BCUT2D eigenvalue weighted by Crippen LogP contribution is -1.98. The van der Waals surface area contributed by atoms with E-state index in [0.717, 1.165) is 17.6 Å². The molecule has 3 aromatic heterocycles. The molecule has 0 aliphatic heterocycles. The molecule has 0 fully saturated rings. The van der Waals surface area contributed by atoms with E-state index in [9.17, 15) is 8.42 Å². The zero-order chi connectivity index (χ0) is 15.7. The van der Waals surface area contributed by atoms with Crippen LogP contribution in [0.2, 0.25) is 0 Å². The summed E-state index contributed by atoms with van der Waals surface area (Å²) in [5, 5.41) is 4.41. The normalized spacial score (nSPS) is 11.5. The van der Waals surface area contributed by atoms with E-state index >= 15 is 0 Å². The van der Waals surface area contributed by atoms with Crippen LogP contribution in [-0.4, -0.2) is 34.4 Å². The average molecular weight is 314 g/mol. The van der Waals surface area contributed by atoms with E-state index in [1.165, 1.54) is 12.3 Å². The maximum atomic E-state index is 11.5. The third kappa shape index (κ3) is 2.75. The molecule has 0 radical (unpaired) electrons. The highest BCUT2D eigenvalue weighted by molar-refractivity contribution is 7.90. The largest absolute Gasteiger partial charge is 0.266 e. The Hall–Kier alpha value is -2.54. The van der Waals surface area contributed by atoms with Gasteiger partial charge in [-0.1, -0.05) is 6.07 Å². The number of aryl methyl sites for hydroxylation is 1. The number of sulfone groups is 1. The van der Waals surface area contributed by atoms with Gasteiger partial charge in [-0.25, -0.2) is 8.42 Å². The van der Waals surface area contributed by atoms with Crippen molar-refractivity contribution in [2.45, 2.75) is 4.90 Å². The second kappa shape index (κ2) is 5.34. The highest BCUT2D eigenvalue weighted by Gasteiger charge is 2.12. The first kappa shape index (κ1) is 14.4. The van der Waals surface area contributed by atoms with Gasteiger partial charge in [-0.05, 0) is 30.3 Å². The van der Waals surface area contributed by atoms with Crippen molar-refractivity contribution < 1.29 is 8.42 Å². The second-order valence-corrected chi connectivity index (χ2v) is 6.92. The van der Waals surface area contributed by atoms with Crippen molar-refractivity contribution in [3.63, 3.8) is 0 Å². The molecule has 0 saturated heterocycles. The Morgan fingerprint density at radius 2 is 1.82 bits per heavy atom. The Morgan fingerprint density at radius 1 is 1.00 bits per heavy atom. The molecule has 0 bridgehead atoms. The predicted octanol–water partition coefficient (Wildman–Crippen LogP) is 1.95. The zero-order valence-electron chi connectivity index (χ0n) is 12.1. The molecule has 0 aliphatic rings. The Balaban J connectivity index is 2.00. The molecule has 6 nitrogen and oxygen atoms in total. The maximum absolute atomic E-state index is 11.5. The fourth-order valence-electron chi connectivity index (χ4n) is 2.10. The molecule has 7 heteroatoms. The lowest BCUT2D eigenvalue weighted by molar-refractivity contribution is 0.601. The summed E-state index contributed by atoms with van der Waals surface area (Å²) in [5.74, 6) is 0. The lowest BCUT2D eigenvalue weighted by atomic mass is 10.2. The molecular formula is C15H14N4O2S. The van der Waals surface area contributed by atoms with Crippen molar-refractivity contribution in [1.82, 2.24) is 19.7 Å². The number of aromatic nitrogens is 4. The van der Waals surface area contributed by atoms with Crippen molar-refractivity contribution in [2.24, 2.45) is 7.05 Å². The Kier molecular flexibility index (Phi) is 3.50. The van der Waals surface area contributed by atoms with Crippen LogP contribution in [0, 0.1) is 0 Å². The summed E-state index contributed by atoms with van der Waals surface area (Å²) in [6.45, 7) is 0. The number of rotatable bonds is 3. The molecule has 3 rings (SSSR count). The van der Waals surface area contributed by atoms with Gasteiger partial charge in [0.1, 0.15) is 5.69 Å². The highest BCUT2D eigenvalue weighted by atomic mass is 32.2. The Labute approximate surface area is 128 Å². The van der Waals surface area contributed by atoms with Gasteiger partial charge >= 0.3 is 0 Å². The molecule has 0 amide bonds. The van der Waals surface area contributed by atoms with Crippen molar-refractivity contribution in [3.05, 3.63) is 48.8 Å². The van der Waals surface area contributed by atoms with Gasteiger partial charge < -0.3 is 0 Å². The standard InChI is InChI=1S/C15H14N4O2S/c1-19-15(13-5-3-4-8-16-13)9-14(18-19)12-7-6-11(10-17-12)22(2,20)21/h3-10H,1-2H3. The summed E-state index contributed by atoms with van der Waals surface area (Å²) in [7, 11) is -1.41. The van der Waals surface area contributed by atoms with Crippen LogP contribution in [0.15, 0.2) is 53.7 Å². The van der Waals surface area contributed by atoms with Crippen LogP contribution in [0.4, 0.5) is 0 Å². The molecular weight excluding hydrogens is 300 g/mol. The van der Waals surface area contributed by atoms with E-state index in [0.29, 0.717) is 11.4 Å². The number of hydrogen-bond donors (Lipinski definition) is 0. The predicted molar refractivity (Wildman–Crippen MR) is 82.8 cm³/mol. The minimum atomic E-state index is -3.25. The number of pyridine rings is 2. The lowest BCUT2D eigenvalue weighted by Gasteiger charge is -1.99. The van der Waals surface area contributed by atoms with Gasteiger partial charge in [0.05, 0.1) is 22.0 Å². The van der Waals surface area contributed by atoms with Crippen LogP contribution >= 0.6 is 0 Å². The first-order chi connectivity index (χ1) is 10.4. The summed E-state index contributed by atoms with van der Waals surface area (Å²) in [4.78, 5) is 8.68. The molecule has 0 unspecified atom stereocenters. The van der Waals surface area contributed by atoms with E-state index in [2.05, 4.69) is 15.1 Å². The molecule has 3 heterocycles. The number of hydrogen-bond acceptors (Lipinski definition) is 5. The second-order valence-electron chi connectivity index (χ2n) is 4.90. The summed E-state index contributed by atoms with van der Waals surface area (Å²) in [6.07, 6.45) is 4.23. The smallest absolute Gasteiger partial charge is 0.177 e. The van der Waals surface area contributed by atoms with Gasteiger partial charge in [-0.2, -0.15) is 5.10 Å². The van der Waals surface area contributed by atoms with Gasteiger partial charge in [-0.3, -0.25) is 14.6 Å². The average Bonchev–Trinajstić information content (AvgIpc) is 2.89. The summed E-state index contributed by atoms with van der Waals surface area (Å²) in [6, 6.07) is 10.7. The van der Waals surface area contributed by atoms with Crippen molar-refractivity contribution in [2.75, 3.05) is 6.26 Å². The third-order valence-electron chi connectivity index (χ3n) is 3.23. The van der Waals surface area contributed by atoms with Crippen molar-refractivity contribution >= 4 is 9.84 Å². The maximum Gasteiger partial charge on any atom is 0.177 e. The van der Waals surface area contributed by atoms with Crippen LogP contribution in [0.3, 0.4) is 0 Å². The summed E-state index contributed by atoms with van der Waals surface area (Å²) in [5.41, 5.74) is 2.97. The quantitative estimate of drug-likeness (QED) is 0.738. The van der Waals surface area contributed by atoms with Crippen LogP contribution in [-0.2, 0) is 16.9 Å². The van der Waals surface area contributed by atoms with Gasteiger partial charge in [0, 0.05) is 25.7 Å². The van der Waals surface area contributed by atoms with Gasteiger partial charge in [0.15, 0.2) is 9.84 Å². The summed E-state index contributed by atoms with van der Waals surface area (Å²) >= 11 is 0. The van der Waals surface area contributed by atoms with E-state index in [1.54, 1.807) is 16.9 Å². The zero-order valence-corrected chi connectivity index (χ0v) is 12.9. The Bertz CT molecular complexity index is 900. The molecule has 0 aliphatic carbocycles. The molecule has 0 aromatic carbocycles. The molecule has 112 valence electrons. The third-order valence-corrected chi connectivity index (χ3v) is 4.33. The van der Waals surface area contributed by atoms with E-state index in [1.807, 2.05) is 31.3 Å². The molecule has 3 aromatic rings. The van der Waals surface area contributed by atoms with Crippen LogP contribution in [0.25, 0.3) is 22.8 Å². The van der Waals surface area contributed by atoms with Crippen molar-refractivity contribution in [3.8, 4) is 22.8 Å².